The third-order valence-corrected chi connectivity index (χ3v) is 3.74. The molecule has 0 radical (unpaired) electrons. The summed E-state index contributed by atoms with van der Waals surface area (Å²) in [6.45, 7) is 1.28. The van der Waals surface area contributed by atoms with Crippen LogP contribution in [0.25, 0.3) is 0 Å². The number of ether oxygens (including phenoxy) is 1. The van der Waals surface area contributed by atoms with Crippen molar-refractivity contribution in [2.24, 2.45) is 5.73 Å². The van der Waals surface area contributed by atoms with Gasteiger partial charge in [-0.25, -0.2) is 12.8 Å². The average Bonchev–Trinajstić information content (AvgIpc) is 2.28. The number of hydrogen-bond acceptors (Lipinski definition) is 4. The third-order valence-electron chi connectivity index (χ3n) is 2.17. The summed E-state index contributed by atoms with van der Waals surface area (Å²) < 4.78 is 43.7. The van der Waals surface area contributed by atoms with Gasteiger partial charge in [0.15, 0.2) is 0 Å². The minimum Gasteiger partial charge on any atom is -0.495 e. The molecule has 0 bridgehead atoms. The van der Waals surface area contributed by atoms with Crippen LogP contribution in [0.2, 0.25) is 0 Å². The molecule has 0 heterocycles. The molecular formula is C10H13FN2O4S. The smallest absolute Gasteiger partial charge is 0.245 e. The standard InChI is InChI=1S/C10H13FN2O4S/c1-6(10(12)14)13-18(15,16)9-5-7(11)3-4-8(9)17-2/h3-6,13H,1-2H3,(H2,12,14). The van der Waals surface area contributed by atoms with E-state index in [4.69, 9.17) is 10.5 Å². The summed E-state index contributed by atoms with van der Waals surface area (Å²) in [6.07, 6.45) is 0. The summed E-state index contributed by atoms with van der Waals surface area (Å²) >= 11 is 0. The molecule has 1 aromatic carbocycles. The van der Waals surface area contributed by atoms with E-state index in [2.05, 4.69) is 0 Å². The maximum absolute atomic E-state index is 13.1. The topological polar surface area (TPSA) is 98.5 Å². The lowest BCUT2D eigenvalue weighted by molar-refractivity contribution is -0.119. The molecular weight excluding hydrogens is 263 g/mol. The molecule has 1 aromatic rings. The molecule has 0 aliphatic heterocycles. The summed E-state index contributed by atoms with van der Waals surface area (Å²) in [7, 11) is -2.83. The van der Waals surface area contributed by atoms with Gasteiger partial charge in [0.05, 0.1) is 13.2 Å². The first kappa shape index (κ1) is 14.4. The molecule has 0 aromatic heterocycles. The van der Waals surface area contributed by atoms with Crippen LogP contribution in [0.1, 0.15) is 6.92 Å². The number of halogens is 1. The first-order chi connectivity index (χ1) is 8.27. The second-order valence-corrected chi connectivity index (χ2v) is 5.22. The fourth-order valence-electron chi connectivity index (χ4n) is 1.21. The van der Waals surface area contributed by atoms with Gasteiger partial charge in [0.1, 0.15) is 16.5 Å². The van der Waals surface area contributed by atoms with Crippen molar-refractivity contribution >= 4 is 15.9 Å². The van der Waals surface area contributed by atoms with Gasteiger partial charge in [0.2, 0.25) is 15.9 Å². The number of carbonyl (C=O) groups excluding carboxylic acids is 1. The van der Waals surface area contributed by atoms with E-state index in [1.165, 1.54) is 20.1 Å². The van der Waals surface area contributed by atoms with Crippen molar-refractivity contribution in [3.63, 3.8) is 0 Å². The Labute approximate surface area is 104 Å². The number of carbonyl (C=O) groups is 1. The predicted octanol–water partition coefficient (Wildman–Crippen LogP) is -0.0136. The highest BCUT2D eigenvalue weighted by Gasteiger charge is 2.24. The van der Waals surface area contributed by atoms with E-state index in [0.717, 1.165) is 12.1 Å². The van der Waals surface area contributed by atoms with Crippen LogP contribution >= 0.6 is 0 Å². The zero-order valence-electron chi connectivity index (χ0n) is 9.81. The Kier molecular flexibility index (Phi) is 4.25. The molecule has 6 nitrogen and oxygen atoms in total. The highest BCUT2D eigenvalue weighted by molar-refractivity contribution is 7.89. The first-order valence-electron chi connectivity index (χ1n) is 4.93. The van der Waals surface area contributed by atoms with Gasteiger partial charge < -0.3 is 10.5 Å². The number of sulfonamides is 1. The summed E-state index contributed by atoms with van der Waals surface area (Å²) in [6, 6.07) is 1.94. The van der Waals surface area contributed by atoms with Crippen molar-refractivity contribution in [2.45, 2.75) is 17.9 Å². The van der Waals surface area contributed by atoms with Gasteiger partial charge in [-0.1, -0.05) is 0 Å². The van der Waals surface area contributed by atoms with Gasteiger partial charge in [-0.3, -0.25) is 4.79 Å². The molecule has 1 atom stereocenters. The molecule has 0 aliphatic carbocycles. The van der Waals surface area contributed by atoms with Crippen molar-refractivity contribution in [1.82, 2.24) is 4.72 Å². The summed E-state index contributed by atoms with van der Waals surface area (Å²) in [5.74, 6) is -1.60. The molecule has 1 rings (SSSR count). The monoisotopic (exact) mass is 276 g/mol. The molecule has 1 amide bonds. The Morgan fingerprint density at radius 2 is 2.11 bits per heavy atom. The van der Waals surface area contributed by atoms with Crippen LogP contribution in [0.5, 0.6) is 5.75 Å². The maximum Gasteiger partial charge on any atom is 0.245 e. The molecule has 3 N–H and O–H groups in total. The number of methoxy groups -OCH3 is 1. The fourth-order valence-corrected chi connectivity index (χ4v) is 2.61. The highest BCUT2D eigenvalue weighted by atomic mass is 32.2. The summed E-state index contributed by atoms with van der Waals surface area (Å²) in [5.41, 5.74) is 4.95. The third kappa shape index (κ3) is 3.17. The van der Waals surface area contributed by atoms with Crippen LogP contribution in [0.3, 0.4) is 0 Å². The quantitative estimate of drug-likeness (QED) is 0.790. The Morgan fingerprint density at radius 1 is 1.50 bits per heavy atom. The van der Waals surface area contributed by atoms with Crippen molar-refractivity contribution in [3.05, 3.63) is 24.0 Å². The van der Waals surface area contributed by atoms with Gasteiger partial charge in [-0.05, 0) is 25.1 Å². The summed E-state index contributed by atoms with van der Waals surface area (Å²) in [5, 5.41) is 0. The van der Waals surface area contributed by atoms with E-state index in [1.807, 2.05) is 4.72 Å². The van der Waals surface area contributed by atoms with E-state index >= 15 is 0 Å². The van der Waals surface area contributed by atoms with E-state index in [-0.39, 0.29) is 5.75 Å². The van der Waals surface area contributed by atoms with Gasteiger partial charge in [-0.2, -0.15) is 4.72 Å². The number of amides is 1. The Bertz CT molecular complexity index is 559. The molecule has 8 heteroatoms. The largest absolute Gasteiger partial charge is 0.495 e. The van der Waals surface area contributed by atoms with Crippen molar-refractivity contribution < 1.29 is 22.3 Å². The molecule has 18 heavy (non-hydrogen) atoms. The van der Waals surface area contributed by atoms with Crippen LogP contribution in [0, 0.1) is 5.82 Å². The van der Waals surface area contributed by atoms with Crippen molar-refractivity contribution in [2.75, 3.05) is 7.11 Å². The van der Waals surface area contributed by atoms with Crippen molar-refractivity contribution in [3.8, 4) is 5.75 Å². The van der Waals surface area contributed by atoms with E-state index in [1.54, 1.807) is 0 Å². The van der Waals surface area contributed by atoms with Crippen molar-refractivity contribution in [1.29, 1.82) is 0 Å². The maximum atomic E-state index is 13.1. The number of nitrogens with two attached hydrogens (primary N) is 1. The minimum atomic E-state index is -4.09. The molecule has 0 saturated heterocycles. The van der Waals surface area contributed by atoms with Gasteiger partial charge in [0.25, 0.3) is 0 Å². The highest BCUT2D eigenvalue weighted by Crippen LogP contribution is 2.24. The number of benzene rings is 1. The van der Waals surface area contributed by atoms with Gasteiger partial charge in [0, 0.05) is 0 Å². The number of nitrogens with one attached hydrogen (secondary N) is 1. The van der Waals surface area contributed by atoms with Crippen LogP contribution in [-0.4, -0.2) is 27.5 Å². The Hall–Kier alpha value is -1.67. The lowest BCUT2D eigenvalue weighted by Crippen LogP contribution is -2.42. The molecule has 0 fully saturated rings. The van der Waals surface area contributed by atoms with E-state index in [9.17, 15) is 17.6 Å². The Balaban J connectivity index is 3.19. The molecule has 0 saturated carbocycles. The summed E-state index contributed by atoms with van der Waals surface area (Å²) in [4.78, 5) is 10.4. The molecule has 1 unspecified atom stereocenters. The lowest BCUT2D eigenvalue weighted by Gasteiger charge is -2.13. The lowest BCUT2D eigenvalue weighted by atomic mass is 10.3. The minimum absolute atomic E-state index is 0.0272. The van der Waals surface area contributed by atoms with E-state index in [0.29, 0.717) is 0 Å². The average molecular weight is 276 g/mol. The van der Waals surface area contributed by atoms with Crippen LogP contribution in [0.4, 0.5) is 4.39 Å². The molecule has 100 valence electrons. The molecule has 0 spiro atoms. The normalized spacial score (nSPS) is 13.1. The number of primary amides is 1. The zero-order chi connectivity index (χ0) is 13.9. The van der Waals surface area contributed by atoms with Crippen LogP contribution in [-0.2, 0) is 14.8 Å². The van der Waals surface area contributed by atoms with Gasteiger partial charge in [-0.15, -0.1) is 0 Å². The van der Waals surface area contributed by atoms with Crippen LogP contribution < -0.4 is 15.2 Å². The Morgan fingerprint density at radius 3 is 2.61 bits per heavy atom. The first-order valence-corrected chi connectivity index (χ1v) is 6.41. The number of rotatable bonds is 5. The second-order valence-electron chi connectivity index (χ2n) is 3.54. The second kappa shape index (κ2) is 5.32. The number of hydrogen-bond donors (Lipinski definition) is 2. The van der Waals surface area contributed by atoms with Gasteiger partial charge >= 0.3 is 0 Å². The SMILES string of the molecule is COc1ccc(F)cc1S(=O)(=O)NC(C)C(N)=O. The zero-order valence-corrected chi connectivity index (χ0v) is 10.6. The van der Waals surface area contributed by atoms with E-state index < -0.39 is 32.7 Å². The fraction of sp³-hybridized carbons (Fsp3) is 0.300. The predicted molar refractivity (Wildman–Crippen MR) is 61.9 cm³/mol. The molecule has 0 aliphatic rings. The van der Waals surface area contributed by atoms with Crippen LogP contribution in [0.15, 0.2) is 23.1 Å².